The maximum atomic E-state index is 12.7. The molecule has 1 fully saturated rings. The largest absolute Gasteiger partial charge is 0.350 e. The predicted molar refractivity (Wildman–Crippen MR) is 100.0 cm³/mol. The molecule has 0 radical (unpaired) electrons. The third-order valence-corrected chi connectivity index (χ3v) is 4.81. The molecule has 0 atom stereocenters. The number of carbonyl (C=O) groups excluding carboxylic acids is 1. The van der Waals surface area contributed by atoms with Gasteiger partial charge in [0.15, 0.2) is 11.5 Å². The van der Waals surface area contributed by atoms with Gasteiger partial charge in [-0.2, -0.15) is 5.26 Å². The zero-order valence-corrected chi connectivity index (χ0v) is 15.6. The number of aromatic nitrogens is 2. The number of nitriles is 1. The van der Waals surface area contributed by atoms with Gasteiger partial charge in [-0.25, -0.2) is 9.97 Å². The summed E-state index contributed by atoms with van der Waals surface area (Å²) in [5.74, 6) is 0.594. The van der Waals surface area contributed by atoms with Crippen LogP contribution in [0.2, 0.25) is 0 Å². The Morgan fingerprint density at radius 3 is 2.38 bits per heavy atom. The standard InChI is InChI=1S/C20H23N5O/c1-20(2,3)15-7-5-14(6-8-15)19(26)24(4)16-12-25(13-16)18-17(11-21)22-9-10-23-18/h5-10,16H,12-13H2,1-4H3. The van der Waals surface area contributed by atoms with Gasteiger partial charge in [0.1, 0.15) is 6.07 Å². The average Bonchev–Trinajstić information content (AvgIpc) is 2.59. The lowest BCUT2D eigenvalue weighted by Crippen LogP contribution is -2.60. The second kappa shape index (κ2) is 6.75. The first-order chi connectivity index (χ1) is 12.3. The molecule has 0 N–H and O–H groups in total. The van der Waals surface area contributed by atoms with Crippen LogP contribution in [0.5, 0.6) is 0 Å². The normalized spacial score (nSPS) is 14.5. The summed E-state index contributed by atoms with van der Waals surface area (Å²) in [6.07, 6.45) is 3.09. The first-order valence-electron chi connectivity index (χ1n) is 8.65. The highest BCUT2D eigenvalue weighted by molar-refractivity contribution is 5.94. The summed E-state index contributed by atoms with van der Waals surface area (Å²) in [7, 11) is 1.82. The van der Waals surface area contributed by atoms with E-state index in [0.29, 0.717) is 30.2 Å². The number of nitrogens with zero attached hydrogens (tertiary/aromatic N) is 5. The zero-order valence-electron chi connectivity index (χ0n) is 15.6. The van der Waals surface area contributed by atoms with Crippen LogP contribution in [-0.4, -0.2) is 47.0 Å². The molecule has 0 unspecified atom stereocenters. The van der Waals surface area contributed by atoms with Crippen molar-refractivity contribution in [3.63, 3.8) is 0 Å². The van der Waals surface area contributed by atoms with Crippen molar-refractivity contribution in [1.82, 2.24) is 14.9 Å². The first-order valence-corrected chi connectivity index (χ1v) is 8.65. The second-order valence-electron chi connectivity index (χ2n) is 7.64. The third-order valence-electron chi connectivity index (χ3n) is 4.81. The molecule has 1 amide bonds. The zero-order chi connectivity index (χ0) is 18.9. The van der Waals surface area contributed by atoms with Crippen molar-refractivity contribution in [3.05, 3.63) is 53.5 Å². The van der Waals surface area contributed by atoms with Gasteiger partial charge >= 0.3 is 0 Å². The number of likely N-dealkylation sites (N-methyl/N-ethyl adjacent to an activating group) is 1. The van der Waals surface area contributed by atoms with Gasteiger partial charge in [-0.05, 0) is 23.1 Å². The van der Waals surface area contributed by atoms with Gasteiger partial charge in [0.25, 0.3) is 5.91 Å². The van der Waals surface area contributed by atoms with Crippen LogP contribution in [0.4, 0.5) is 5.82 Å². The van der Waals surface area contributed by atoms with E-state index < -0.39 is 0 Å². The van der Waals surface area contributed by atoms with Gasteiger partial charge in [-0.3, -0.25) is 4.79 Å². The highest BCUT2D eigenvalue weighted by atomic mass is 16.2. The molecule has 2 heterocycles. The van der Waals surface area contributed by atoms with E-state index in [2.05, 4.69) is 36.8 Å². The van der Waals surface area contributed by atoms with Crippen LogP contribution in [0.3, 0.4) is 0 Å². The van der Waals surface area contributed by atoms with E-state index in [1.54, 1.807) is 11.1 Å². The predicted octanol–water partition coefficient (Wildman–Crippen LogP) is 2.61. The van der Waals surface area contributed by atoms with Gasteiger partial charge in [0.05, 0.1) is 6.04 Å². The molecule has 134 valence electrons. The Kier molecular flexibility index (Phi) is 4.64. The molecule has 1 aliphatic rings. The lowest BCUT2D eigenvalue weighted by Gasteiger charge is -2.44. The maximum Gasteiger partial charge on any atom is 0.253 e. The van der Waals surface area contributed by atoms with Crippen LogP contribution >= 0.6 is 0 Å². The minimum Gasteiger partial charge on any atom is -0.350 e. The fraction of sp³-hybridized carbons (Fsp3) is 0.400. The fourth-order valence-electron chi connectivity index (χ4n) is 3.00. The molecule has 3 rings (SSSR count). The Bertz CT molecular complexity index is 842. The van der Waals surface area contributed by atoms with E-state index in [-0.39, 0.29) is 17.4 Å². The van der Waals surface area contributed by atoms with Gasteiger partial charge in [0, 0.05) is 38.1 Å². The van der Waals surface area contributed by atoms with E-state index >= 15 is 0 Å². The van der Waals surface area contributed by atoms with Crippen LogP contribution < -0.4 is 4.90 Å². The Morgan fingerprint density at radius 1 is 1.19 bits per heavy atom. The molecule has 26 heavy (non-hydrogen) atoms. The summed E-state index contributed by atoms with van der Waals surface area (Å²) in [6.45, 7) is 7.76. The highest BCUT2D eigenvalue weighted by Crippen LogP contribution is 2.25. The summed E-state index contributed by atoms with van der Waals surface area (Å²) in [5, 5.41) is 9.13. The molecule has 6 nitrogen and oxygen atoms in total. The van der Waals surface area contributed by atoms with Crippen molar-refractivity contribution in [2.45, 2.75) is 32.2 Å². The summed E-state index contributed by atoms with van der Waals surface area (Å²) in [5.41, 5.74) is 2.28. The van der Waals surface area contributed by atoms with Crippen molar-refractivity contribution in [1.29, 1.82) is 5.26 Å². The Balaban J connectivity index is 1.65. The minimum atomic E-state index is 0.00904. The monoisotopic (exact) mass is 349 g/mol. The molecule has 0 aliphatic carbocycles. The molecule has 1 aliphatic heterocycles. The number of carbonyl (C=O) groups is 1. The summed E-state index contributed by atoms with van der Waals surface area (Å²) < 4.78 is 0. The van der Waals surface area contributed by atoms with Crippen molar-refractivity contribution >= 4 is 11.7 Å². The molecule has 0 bridgehead atoms. The molecular weight excluding hydrogens is 326 g/mol. The topological polar surface area (TPSA) is 73.1 Å². The highest BCUT2D eigenvalue weighted by Gasteiger charge is 2.34. The fourth-order valence-corrected chi connectivity index (χ4v) is 3.00. The number of amides is 1. The third kappa shape index (κ3) is 3.38. The summed E-state index contributed by atoms with van der Waals surface area (Å²) in [6, 6.07) is 9.99. The number of benzene rings is 1. The Labute approximate surface area is 154 Å². The van der Waals surface area contributed by atoms with Gasteiger partial charge in [-0.1, -0.05) is 32.9 Å². The lowest BCUT2D eigenvalue weighted by molar-refractivity contribution is 0.0705. The molecule has 1 aromatic carbocycles. The Morgan fingerprint density at radius 2 is 1.81 bits per heavy atom. The Hall–Kier alpha value is -2.94. The summed E-state index contributed by atoms with van der Waals surface area (Å²) >= 11 is 0. The van der Waals surface area contributed by atoms with Crippen molar-refractivity contribution in [3.8, 4) is 6.07 Å². The molecule has 1 aromatic heterocycles. The molecule has 6 heteroatoms. The number of anilines is 1. The lowest BCUT2D eigenvalue weighted by atomic mass is 9.86. The van der Waals surface area contributed by atoms with Crippen LogP contribution in [0.25, 0.3) is 0 Å². The molecule has 2 aromatic rings. The number of hydrogen-bond acceptors (Lipinski definition) is 5. The van der Waals surface area contributed by atoms with E-state index in [1.807, 2.05) is 36.2 Å². The van der Waals surface area contributed by atoms with Crippen LogP contribution in [0.1, 0.15) is 42.4 Å². The van der Waals surface area contributed by atoms with E-state index in [9.17, 15) is 4.79 Å². The summed E-state index contributed by atoms with van der Waals surface area (Å²) in [4.78, 5) is 24.8. The maximum absolute atomic E-state index is 12.7. The quantitative estimate of drug-likeness (QED) is 0.852. The van der Waals surface area contributed by atoms with Gasteiger partial charge in [-0.15, -0.1) is 0 Å². The van der Waals surface area contributed by atoms with Crippen LogP contribution in [0, 0.1) is 11.3 Å². The minimum absolute atomic E-state index is 0.00904. The van der Waals surface area contributed by atoms with Crippen molar-refractivity contribution < 1.29 is 4.79 Å². The molecule has 1 saturated heterocycles. The van der Waals surface area contributed by atoms with Crippen molar-refractivity contribution in [2.75, 3.05) is 25.0 Å². The number of rotatable bonds is 3. The first kappa shape index (κ1) is 17.9. The van der Waals surface area contributed by atoms with Gasteiger partial charge in [0.2, 0.25) is 0 Å². The van der Waals surface area contributed by atoms with Crippen molar-refractivity contribution in [2.24, 2.45) is 0 Å². The van der Waals surface area contributed by atoms with Crippen LogP contribution in [0.15, 0.2) is 36.7 Å². The van der Waals surface area contributed by atoms with Gasteiger partial charge < -0.3 is 9.80 Å². The van der Waals surface area contributed by atoms with E-state index in [4.69, 9.17) is 5.26 Å². The second-order valence-corrected chi connectivity index (χ2v) is 7.64. The number of hydrogen-bond donors (Lipinski definition) is 0. The van der Waals surface area contributed by atoms with E-state index in [0.717, 1.165) is 0 Å². The molecule has 0 saturated carbocycles. The smallest absolute Gasteiger partial charge is 0.253 e. The van der Waals surface area contributed by atoms with Crippen LogP contribution in [-0.2, 0) is 5.41 Å². The molecule has 0 spiro atoms. The molecular formula is C20H23N5O. The van der Waals surface area contributed by atoms with E-state index in [1.165, 1.54) is 11.8 Å². The SMILES string of the molecule is CN(C(=O)c1ccc(C(C)(C)C)cc1)C1CN(c2nccnc2C#N)C1. The average molecular weight is 349 g/mol.